The van der Waals surface area contributed by atoms with Crippen LogP contribution in [0, 0.1) is 0 Å². The zero-order valence-corrected chi connectivity index (χ0v) is 19.1. The highest BCUT2D eigenvalue weighted by Crippen LogP contribution is 2.11. The van der Waals surface area contributed by atoms with E-state index in [1.54, 1.807) is 0 Å². The highest BCUT2D eigenvalue weighted by Gasteiger charge is 2.13. The van der Waals surface area contributed by atoms with Crippen LogP contribution in [-0.4, -0.2) is 50.9 Å². The van der Waals surface area contributed by atoms with E-state index in [0.717, 1.165) is 17.6 Å². The predicted molar refractivity (Wildman–Crippen MR) is 117 cm³/mol. The van der Waals surface area contributed by atoms with Crippen LogP contribution in [0.25, 0.3) is 0 Å². The van der Waals surface area contributed by atoms with Gasteiger partial charge in [0.25, 0.3) is 0 Å². The molecule has 0 N–H and O–H groups in total. The lowest BCUT2D eigenvalue weighted by molar-refractivity contribution is -0.890. The number of likely N-dealkylation sites (N-methyl/N-ethyl adjacent to an activating group) is 1. The molecule has 0 heterocycles. The first-order valence-electron chi connectivity index (χ1n) is 11.7. The molecule has 0 spiro atoms. The van der Waals surface area contributed by atoms with Crippen molar-refractivity contribution in [2.75, 3.05) is 40.4 Å². The summed E-state index contributed by atoms with van der Waals surface area (Å²) in [5.41, 5.74) is 0. The number of allylic oxidation sites excluding steroid dienone is 2. The standard InChI is InChI=1S/C24H47NO3/c1-4-5-6-7-8-9-10-11-12-13-14-15-16-17-18-19-20-25(2,3)21-22-28-23-24(26)27/h11-12H,4-10,13-23H2,1-3H3/b12-11+. The summed E-state index contributed by atoms with van der Waals surface area (Å²) in [4.78, 5) is 10.3. The van der Waals surface area contributed by atoms with Gasteiger partial charge in [0.05, 0.1) is 39.8 Å². The van der Waals surface area contributed by atoms with Crippen molar-refractivity contribution < 1.29 is 19.1 Å². The molecule has 0 aromatic rings. The number of carboxylic acids is 1. The lowest BCUT2D eigenvalue weighted by atomic mass is 10.1. The van der Waals surface area contributed by atoms with Gasteiger partial charge in [-0.1, -0.05) is 70.4 Å². The first-order chi connectivity index (χ1) is 13.5. The molecule has 28 heavy (non-hydrogen) atoms. The van der Waals surface area contributed by atoms with Gasteiger partial charge in [-0.25, -0.2) is 0 Å². The summed E-state index contributed by atoms with van der Waals surface area (Å²) in [7, 11) is 4.36. The van der Waals surface area contributed by atoms with E-state index in [1.165, 1.54) is 89.9 Å². The zero-order valence-electron chi connectivity index (χ0n) is 19.1. The molecule has 0 rings (SSSR count). The molecule has 166 valence electrons. The second kappa shape index (κ2) is 19.4. The molecule has 0 bridgehead atoms. The second-order valence-corrected chi connectivity index (χ2v) is 8.75. The van der Waals surface area contributed by atoms with Crippen LogP contribution in [0.1, 0.15) is 96.8 Å². The topological polar surface area (TPSA) is 49.4 Å². The SMILES string of the molecule is CCCCCCCC/C=C/CCCCCCCC[N+](C)(C)CCOCC(=O)[O-]. The summed E-state index contributed by atoms with van der Waals surface area (Å²) in [5.74, 6) is -1.14. The fourth-order valence-electron chi connectivity index (χ4n) is 3.37. The Labute approximate surface area is 174 Å². The monoisotopic (exact) mass is 397 g/mol. The van der Waals surface area contributed by atoms with Crippen LogP contribution in [0.3, 0.4) is 0 Å². The molecule has 0 atom stereocenters. The van der Waals surface area contributed by atoms with Gasteiger partial charge in [0.15, 0.2) is 0 Å². The third-order valence-electron chi connectivity index (χ3n) is 5.34. The van der Waals surface area contributed by atoms with Crippen molar-refractivity contribution in [3.63, 3.8) is 0 Å². The molecule has 0 radical (unpaired) electrons. The normalized spacial score (nSPS) is 12.1. The van der Waals surface area contributed by atoms with Gasteiger partial charge in [-0.2, -0.15) is 0 Å². The summed E-state index contributed by atoms with van der Waals surface area (Å²) in [6, 6.07) is 0. The van der Waals surface area contributed by atoms with Crippen LogP contribution in [0.15, 0.2) is 12.2 Å². The van der Waals surface area contributed by atoms with Gasteiger partial charge >= 0.3 is 0 Å². The van der Waals surface area contributed by atoms with Crippen LogP contribution in [0.4, 0.5) is 0 Å². The quantitative estimate of drug-likeness (QED) is 0.158. The van der Waals surface area contributed by atoms with Gasteiger partial charge in [0.1, 0.15) is 6.54 Å². The molecule has 0 aliphatic carbocycles. The van der Waals surface area contributed by atoms with Gasteiger partial charge in [-0.3, -0.25) is 0 Å². The maximum absolute atomic E-state index is 10.3. The zero-order chi connectivity index (χ0) is 20.9. The Morgan fingerprint density at radius 1 is 0.786 bits per heavy atom. The molecule has 4 heteroatoms. The lowest BCUT2D eigenvalue weighted by Crippen LogP contribution is -2.43. The number of unbranched alkanes of at least 4 members (excludes halogenated alkanes) is 12. The van der Waals surface area contributed by atoms with Gasteiger partial charge in [-0.15, -0.1) is 0 Å². The van der Waals surface area contributed by atoms with Crippen LogP contribution >= 0.6 is 0 Å². The van der Waals surface area contributed by atoms with Crippen LogP contribution in [0.5, 0.6) is 0 Å². The molecule has 0 aliphatic rings. The van der Waals surface area contributed by atoms with E-state index in [1.807, 2.05) is 0 Å². The van der Waals surface area contributed by atoms with E-state index in [2.05, 4.69) is 33.2 Å². The molecule has 0 fully saturated rings. The van der Waals surface area contributed by atoms with E-state index in [9.17, 15) is 9.90 Å². The highest BCUT2D eigenvalue weighted by atomic mass is 16.5. The lowest BCUT2D eigenvalue weighted by Gasteiger charge is -2.29. The van der Waals surface area contributed by atoms with Crippen molar-refractivity contribution in [3.8, 4) is 0 Å². The number of nitrogens with zero attached hydrogens (tertiary/aromatic N) is 1. The van der Waals surface area contributed by atoms with Crippen molar-refractivity contribution in [2.24, 2.45) is 0 Å². The van der Waals surface area contributed by atoms with E-state index < -0.39 is 5.97 Å². The second-order valence-electron chi connectivity index (χ2n) is 8.75. The van der Waals surface area contributed by atoms with Gasteiger partial charge in [0, 0.05) is 0 Å². The van der Waals surface area contributed by atoms with Gasteiger partial charge in [0.2, 0.25) is 0 Å². The summed E-state index contributed by atoms with van der Waals surface area (Å²) < 4.78 is 5.97. The Hall–Kier alpha value is -0.870. The summed E-state index contributed by atoms with van der Waals surface area (Å²) in [6.45, 7) is 4.42. The van der Waals surface area contributed by atoms with Crippen LogP contribution < -0.4 is 5.11 Å². The molecule has 0 unspecified atom stereocenters. The minimum atomic E-state index is -1.14. The smallest absolute Gasteiger partial charge is 0.102 e. The largest absolute Gasteiger partial charge is 0.548 e. The number of ether oxygens (including phenoxy) is 1. The van der Waals surface area contributed by atoms with Crippen LogP contribution in [0.2, 0.25) is 0 Å². The number of quaternary nitrogens is 1. The Morgan fingerprint density at radius 2 is 1.29 bits per heavy atom. The molecule has 0 aliphatic heterocycles. The number of aliphatic carboxylic acids is 1. The Morgan fingerprint density at radius 3 is 1.82 bits per heavy atom. The van der Waals surface area contributed by atoms with E-state index in [0.29, 0.717) is 6.61 Å². The van der Waals surface area contributed by atoms with Gasteiger partial charge < -0.3 is 19.1 Å². The Balaban J connectivity index is 3.33. The Kier molecular flexibility index (Phi) is 18.8. The van der Waals surface area contributed by atoms with Gasteiger partial charge in [-0.05, 0) is 38.5 Å². The maximum Gasteiger partial charge on any atom is 0.102 e. The summed E-state index contributed by atoms with van der Waals surface area (Å²) in [5, 5.41) is 10.3. The molecular formula is C24H47NO3. The number of carbonyl (C=O) groups is 1. The van der Waals surface area contributed by atoms with E-state index in [-0.39, 0.29) is 6.61 Å². The highest BCUT2D eigenvalue weighted by molar-refractivity contribution is 5.65. The fraction of sp³-hybridized carbons (Fsp3) is 0.875. The molecule has 0 aromatic heterocycles. The van der Waals surface area contributed by atoms with Crippen molar-refractivity contribution >= 4 is 5.97 Å². The average Bonchev–Trinajstić information content (AvgIpc) is 2.65. The van der Waals surface area contributed by atoms with E-state index in [4.69, 9.17) is 4.74 Å². The molecule has 0 saturated carbocycles. The average molecular weight is 398 g/mol. The summed E-state index contributed by atoms with van der Waals surface area (Å²) >= 11 is 0. The first-order valence-corrected chi connectivity index (χ1v) is 11.7. The maximum atomic E-state index is 10.3. The van der Waals surface area contributed by atoms with Crippen molar-refractivity contribution in [2.45, 2.75) is 96.8 Å². The number of carboxylic acid groups (broad SMARTS) is 1. The van der Waals surface area contributed by atoms with Crippen molar-refractivity contribution in [1.29, 1.82) is 0 Å². The predicted octanol–water partition coefficient (Wildman–Crippen LogP) is 4.87. The Bertz CT molecular complexity index is 380. The molecule has 0 aromatic carbocycles. The van der Waals surface area contributed by atoms with Crippen LogP contribution in [-0.2, 0) is 9.53 Å². The molecule has 4 nitrogen and oxygen atoms in total. The third-order valence-corrected chi connectivity index (χ3v) is 5.34. The molecule has 0 amide bonds. The van der Waals surface area contributed by atoms with Crippen molar-refractivity contribution in [1.82, 2.24) is 0 Å². The fourth-order valence-corrected chi connectivity index (χ4v) is 3.37. The number of hydrogen-bond acceptors (Lipinski definition) is 3. The third kappa shape index (κ3) is 21.4. The summed E-state index contributed by atoms with van der Waals surface area (Å²) in [6.07, 6.45) is 23.4. The minimum Gasteiger partial charge on any atom is -0.548 e. The number of rotatable bonds is 21. The molecular weight excluding hydrogens is 350 g/mol. The van der Waals surface area contributed by atoms with Crippen molar-refractivity contribution in [3.05, 3.63) is 12.2 Å². The first kappa shape index (κ1) is 27.1. The number of hydrogen-bond donors (Lipinski definition) is 0. The number of carbonyl (C=O) groups excluding carboxylic acids is 1. The van der Waals surface area contributed by atoms with E-state index >= 15 is 0 Å². The minimum absolute atomic E-state index is 0.297. The molecule has 0 saturated heterocycles.